The molecule has 6 rings (SSSR count). The molecule has 1 N–H and O–H groups in total. The fourth-order valence-corrected chi connectivity index (χ4v) is 5.81. The van der Waals surface area contributed by atoms with Gasteiger partial charge in [0.2, 0.25) is 5.72 Å². The maximum Gasteiger partial charge on any atom is 0.419 e. The van der Waals surface area contributed by atoms with Gasteiger partial charge in [0, 0.05) is 34.0 Å². The monoisotopic (exact) mass is 452 g/mol. The molecule has 2 aliphatic rings. The van der Waals surface area contributed by atoms with Crippen molar-refractivity contribution < 1.29 is 16.9 Å². The molecule has 1 aromatic heterocycles. The number of halogens is 1. The number of fused-ring (bicyclic) bond motifs is 5. The Morgan fingerprint density at radius 2 is 1.68 bits per heavy atom. The van der Waals surface area contributed by atoms with Crippen LogP contribution >= 0.6 is 11.6 Å². The second-order valence-electron chi connectivity index (χ2n) is 7.70. The number of hydrogen-bond donors (Lipinski definition) is 1. The highest BCUT2D eigenvalue weighted by Crippen LogP contribution is 2.53. The Kier molecular flexibility index (Phi) is 4.09. The van der Waals surface area contributed by atoms with E-state index < -0.39 is 16.1 Å². The van der Waals surface area contributed by atoms with Gasteiger partial charge in [0.05, 0.1) is 5.69 Å². The minimum Gasteiger partial charge on any atom is -0.354 e. The number of hydrogen-bond acceptors (Lipinski definition) is 5. The molecule has 0 bridgehead atoms. The van der Waals surface area contributed by atoms with Gasteiger partial charge in [-0.15, -0.1) is 5.06 Å². The van der Waals surface area contributed by atoms with E-state index in [0.29, 0.717) is 22.8 Å². The maximum atomic E-state index is 12.6. The summed E-state index contributed by atoms with van der Waals surface area (Å²) in [5, 5.41) is 2.98. The summed E-state index contributed by atoms with van der Waals surface area (Å²) in [6, 6.07) is 24.9. The fraction of sp³-hybridized carbons (Fsp3) is 0.130. The van der Waals surface area contributed by atoms with Crippen molar-refractivity contribution in [3.05, 3.63) is 106 Å². The van der Waals surface area contributed by atoms with E-state index in [2.05, 4.69) is 4.98 Å². The molecule has 0 spiro atoms. The maximum absolute atomic E-state index is 12.6. The number of rotatable bonds is 2. The minimum atomic E-state index is -4.26. The molecule has 8 heteroatoms. The quantitative estimate of drug-likeness (QED) is 0.478. The van der Waals surface area contributed by atoms with Crippen LogP contribution in [0.4, 0.5) is 0 Å². The molecule has 0 aliphatic carbocycles. The first-order chi connectivity index (χ1) is 15.0. The summed E-state index contributed by atoms with van der Waals surface area (Å²) in [5.41, 5.74) is 2.73. The van der Waals surface area contributed by atoms with Crippen molar-refractivity contribution in [3.8, 4) is 0 Å². The molecule has 3 aromatic carbocycles. The van der Waals surface area contributed by atoms with Gasteiger partial charge >= 0.3 is 10.4 Å². The lowest BCUT2D eigenvalue weighted by Gasteiger charge is -2.40. The first kappa shape index (κ1) is 19.0. The number of aromatic nitrogens is 1. The lowest BCUT2D eigenvalue weighted by Crippen LogP contribution is -2.49. The van der Waals surface area contributed by atoms with E-state index in [-0.39, 0.29) is 5.92 Å². The molecule has 1 saturated heterocycles. The molecule has 4 aromatic rings. The van der Waals surface area contributed by atoms with Crippen LogP contribution in [0.25, 0.3) is 10.9 Å². The molecule has 156 valence electrons. The van der Waals surface area contributed by atoms with Gasteiger partial charge in [-0.25, -0.2) is 4.18 Å². The van der Waals surface area contributed by atoms with E-state index in [1.165, 1.54) is 5.06 Å². The molecule has 0 amide bonds. The van der Waals surface area contributed by atoms with Crippen LogP contribution in [0.2, 0.25) is 5.02 Å². The largest absolute Gasteiger partial charge is 0.419 e. The zero-order valence-corrected chi connectivity index (χ0v) is 17.7. The van der Waals surface area contributed by atoms with Gasteiger partial charge in [0.1, 0.15) is 0 Å². The molecule has 31 heavy (non-hydrogen) atoms. The predicted molar refractivity (Wildman–Crippen MR) is 117 cm³/mol. The van der Waals surface area contributed by atoms with Crippen molar-refractivity contribution in [1.82, 2.24) is 10.0 Å². The number of aromatic amines is 1. The highest BCUT2D eigenvalue weighted by molar-refractivity contribution is 7.82. The summed E-state index contributed by atoms with van der Waals surface area (Å²) in [6.07, 6.45) is 0. The predicted octanol–water partition coefficient (Wildman–Crippen LogP) is 4.68. The van der Waals surface area contributed by atoms with Crippen molar-refractivity contribution in [2.24, 2.45) is 0 Å². The highest BCUT2D eigenvalue weighted by Gasteiger charge is 2.60. The second kappa shape index (κ2) is 6.66. The lowest BCUT2D eigenvalue weighted by molar-refractivity contribution is -0.161. The normalized spacial score (nSPS) is 24.7. The van der Waals surface area contributed by atoms with Crippen molar-refractivity contribution in [2.75, 3.05) is 6.54 Å². The smallest absolute Gasteiger partial charge is 0.354 e. The van der Waals surface area contributed by atoms with Crippen LogP contribution in [0.3, 0.4) is 0 Å². The molecule has 6 nitrogen and oxygen atoms in total. The van der Waals surface area contributed by atoms with E-state index in [9.17, 15) is 8.42 Å². The van der Waals surface area contributed by atoms with E-state index in [0.717, 1.165) is 22.0 Å². The first-order valence-corrected chi connectivity index (χ1v) is 11.5. The number of benzene rings is 3. The van der Waals surface area contributed by atoms with Crippen molar-refractivity contribution in [3.63, 3.8) is 0 Å². The van der Waals surface area contributed by atoms with Crippen molar-refractivity contribution in [2.45, 2.75) is 11.6 Å². The summed E-state index contributed by atoms with van der Waals surface area (Å²) in [6.45, 7) is 0.292. The first-order valence-electron chi connectivity index (χ1n) is 9.83. The Morgan fingerprint density at radius 1 is 0.968 bits per heavy atom. The third-order valence-electron chi connectivity index (χ3n) is 5.97. The Morgan fingerprint density at radius 3 is 2.45 bits per heavy atom. The average molecular weight is 453 g/mol. The molecule has 0 radical (unpaired) electrons. The van der Waals surface area contributed by atoms with E-state index in [1.807, 2.05) is 54.6 Å². The third-order valence-corrected chi connectivity index (χ3v) is 7.03. The van der Waals surface area contributed by atoms with Gasteiger partial charge in [-0.2, -0.15) is 12.7 Å². The van der Waals surface area contributed by atoms with Crippen LogP contribution in [0.15, 0.2) is 78.9 Å². The van der Waals surface area contributed by atoms with Gasteiger partial charge in [0.25, 0.3) is 0 Å². The molecule has 2 atom stereocenters. The van der Waals surface area contributed by atoms with Crippen LogP contribution in [-0.2, 0) is 24.6 Å². The summed E-state index contributed by atoms with van der Waals surface area (Å²) < 4.78 is 36.3. The van der Waals surface area contributed by atoms with Gasteiger partial charge < -0.3 is 4.98 Å². The van der Waals surface area contributed by atoms with Gasteiger partial charge in [-0.3, -0.25) is 0 Å². The van der Waals surface area contributed by atoms with Gasteiger partial charge in [-0.1, -0.05) is 72.3 Å². The summed E-state index contributed by atoms with van der Waals surface area (Å²) in [7, 11) is -4.26. The third kappa shape index (κ3) is 2.78. The molecular formula is C23H17ClN2O4S. The number of nitrogens with one attached hydrogen (secondary N) is 1. The summed E-state index contributed by atoms with van der Waals surface area (Å²) in [4.78, 5) is 3.43. The van der Waals surface area contributed by atoms with Crippen molar-refractivity contribution in [1.29, 1.82) is 0 Å². The Labute approximate surface area is 184 Å². The number of nitrogens with zero attached hydrogens (tertiary/aromatic N) is 1. The van der Waals surface area contributed by atoms with Crippen LogP contribution < -0.4 is 0 Å². The standard InChI is InChI=1S/C23H17ClN2O4S/c24-17-12-10-16(11-13-17)23-22-21(18-8-4-5-9-20(18)25-22)19(15-6-2-1-3-7-15)14-26(23)30-31(27,28)29-23/h1-13,19,25H,14H2. The van der Waals surface area contributed by atoms with E-state index in [4.69, 9.17) is 20.1 Å². The number of H-pyrrole nitrogens is 1. The van der Waals surface area contributed by atoms with Crippen LogP contribution in [0.1, 0.15) is 28.3 Å². The SMILES string of the molecule is O=S1(=O)ON2CC(c3ccccc3)c3c([nH]c4ccccc34)C2(c2ccc(Cl)cc2)O1. The topological polar surface area (TPSA) is 71.6 Å². The lowest BCUT2D eigenvalue weighted by atomic mass is 9.81. The molecule has 0 saturated carbocycles. The average Bonchev–Trinajstić information content (AvgIpc) is 3.29. The molecule has 3 heterocycles. The van der Waals surface area contributed by atoms with Crippen LogP contribution in [0.5, 0.6) is 0 Å². The molecule has 2 aliphatic heterocycles. The minimum absolute atomic E-state index is 0.121. The zero-order chi connectivity index (χ0) is 21.2. The summed E-state index contributed by atoms with van der Waals surface area (Å²) >= 11 is 6.10. The zero-order valence-electron chi connectivity index (χ0n) is 16.2. The fourth-order valence-electron chi connectivity index (χ4n) is 4.71. The van der Waals surface area contributed by atoms with Gasteiger partial charge in [0.15, 0.2) is 0 Å². The van der Waals surface area contributed by atoms with E-state index >= 15 is 0 Å². The molecular weight excluding hydrogens is 436 g/mol. The van der Waals surface area contributed by atoms with Gasteiger partial charge in [-0.05, 0) is 29.3 Å². The molecule has 1 fully saturated rings. The summed E-state index contributed by atoms with van der Waals surface area (Å²) in [5.74, 6) is -0.121. The molecule has 2 unspecified atom stereocenters. The number of hydroxylamine groups is 2. The number of para-hydroxylation sites is 1. The van der Waals surface area contributed by atoms with E-state index in [1.54, 1.807) is 24.3 Å². The highest BCUT2D eigenvalue weighted by atomic mass is 35.5. The Hall–Kier alpha value is -2.68. The Bertz CT molecular complexity index is 1400. The second-order valence-corrected chi connectivity index (χ2v) is 9.27. The van der Waals surface area contributed by atoms with Crippen molar-refractivity contribution >= 4 is 32.9 Å². The van der Waals surface area contributed by atoms with Crippen LogP contribution in [-0.4, -0.2) is 25.0 Å². The van der Waals surface area contributed by atoms with Crippen LogP contribution in [0, 0.1) is 0 Å². The Balaban J connectivity index is 1.69.